The molecule has 25 heavy (non-hydrogen) atoms. The fraction of sp³-hybridized carbons (Fsp3) is 0.647. The average Bonchev–Trinajstić information content (AvgIpc) is 2.59. The lowest BCUT2D eigenvalue weighted by molar-refractivity contribution is 0.268. The number of halogens is 1. The molecule has 0 saturated carbocycles. The van der Waals surface area contributed by atoms with Crippen LogP contribution in [0.15, 0.2) is 17.0 Å². The normalized spacial score (nSPS) is 16.3. The molecule has 6 nitrogen and oxygen atoms in total. The molecule has 0 unspecified atom stereocenters. The highest BCUT2D eigenvalue weighted by Crippen LogP contribution is 2.34. The number of benzene rings is 1. The Bertz CT molecular complexity index is 659. The summed E-state index contributed by atoms with van der Waals surface area (Å²) >= 11 is 0. The third-order valence-electron chi connectivity index (χ3n) is 4.56. The Morgan fingerprint density at radius 2 is 1.72 bits per heavy atom. The number of methoxy groups -OCH3 is 2. The molecule has 144 valence electrons. The van der Waals surface area contributed by atoms with Gasteiger partial charge in [0.1, 0.15) is 0 Å². The summed E-state index contributed by atoms with van der Waals surface area (Å²) in [5.74, 6) is 1.52. The molecule has 0 atom stereocenters. The standard InChI is InChI=1S/C17H28N2O4S.ClH/c1-5-18-12-14-6-8-19(9-7-14)24(20,21)17-11-16(23-4)15(22-3)10-13(17)2;/h10-11,14,18H,5-9,12H2,1-4H3;1H. The smallest absolute Gasteiger partial charge is 0.243 e. The van der Waals surface area contributed by atoms with Crippen molar-refractivity contribution in [1.82, 2.24) is 9.62 Å². The summed E-state index contributed by atoms with van der Waals surface area (Å²) in [4.78, 5) is 0.297. The Kier molecular flexibility index (Phi) is 8.47. The molecule has 1 aliphatic heterocycles. The minimum Gasteiger partial charge on any atom is -0.493 e. The number of aryl methyl sites for hydroxylation is 1. The third-order valence-corrected chi connectivity index (χ3v) is 6.60. The molecule has 1 heterocycles. The number of sulfonamides is 1. The van der Waals surface area contributed by atoms with Crippen molar-refractivity contribution >= 4 is 22.4 Å². The number of rotatable bonds is 7. The SMILES string of the molecule is CCNCC1CCN(S(=O)(=O)c2cc(OC)c(OC)cc2C)CC1.Cl. The van der Waals surface area contributed by atoms with Crippen LogP contribution >= 0.6 is 12.4 Å². The van der Waals surface area contributed by atoms with Crippen molar-refractivity contribution < 1.29 is 17.9 Å². The van der Waals surface area contributed by atoms with Gasteiger partial charge in [0.2, 0.25) is 10.0 Å². The Morgan fingerprint density at radius 1 is 1.16 bits per heavy atom. The zero-order valence-corrected chi connectivity index (χ0v) is 17.0. The van der Waals surface area contributed by atoms with E-state index in [1.165, 1.54) is 7.11 Å². The second kappa shape index (κ2) is 9.62. The molecule has 1 aromatic rings. The van der Waals surface area contributed by atoms with Crippen molar-refractivity contribution in [1.29, 1.82) is 0 Å². The van der Waals surface area contributed by atoms with Gasteiger partial charge in [0.25, 0.3) is 0 Å². The summed E-state index contributed by atoms with van der Waals surface area (Å²) < 4.78 is 38.1. The summed E-state index contributed by atoms with van der Waals surface area (Å²) in [6, 6.07) is 3.28. The predicted molar refractivity (Wildman–Crippen MR) is 102 cm³/mol. The first kappa shape index (κ1) is 22.0. The molecule has 1 aromatic carbocycles. The first-order valence-electron chi connectivity index (χ1n) is 8.37. The first-order valence-corrected chi connectivity index (χ1v) is 9.81. The van der Waals surface area contributed by atoms with Crippen LogP contribution in [0.25, 0.3) is 0 Å². The molecule has 1 aliphatic rings. The minimum absolute atomic E-state index is 0. The maximum Gasteiger partial charge on any atom is 0.243 e. The highest BCUT2D eigenvalue weighted by molar-refractivity contribution is 7.89. The van der Waals surface area contributed by atoms with Gasteiger partial charge >= 0.3 is 0 Å². The van der Waals surface area contributed by atoms with E-state index in [1.54, 1.807) is 30.5 Å². The van der Waals surface area contributed by atoms with E-state index in [0.717, 1.165) is 25.9 Å². The van der Waals surface area contributed by atoms with Gasteiger partial charge in [-0.1, -0.05) is 6.92 Å². The van der Waals surface area contributed by atoms with E-state index in [4.69, 9.17) is 9.47 Å². The van der Waals surface area contributed by atoms with Crippen LogP contribution in [0.1, 0.15) is 25.3 Å². The summed E-state index contributed by atoms with van der Waals surface area (Å²) in [6.07, 6.45) is 1.77. The van der Waals surface area contributed by atoms with Crippen molar-refractivity contribution in [3.63, 3.8) is 0 Å². The summed E-state index contributed by atoms with van der Waals surface area (Å²) in [5.41, 5.74) is 0.669. The van der Waals surface area contributed by atoms with Crippen molar-refractivity contribution in [2.24, 2.45) is 5.92 Å². The molecule has 0 spiro atoms. The molecule has 0 amide bonds. The summed E-state index contributed by atoms with van der Waals surface area (Å²) in [5, 5.41) is 3.34. The summed E-state index contributed by atoms with van der Waals surface area (Å²) in [6.45, 7) is 6.90. The van der Waals surface area contributed by atoms with Gasteiger partial charge in [-0.15, -0.1) is 12.4 Å². The maximum absolute atomic E-state index is 13.0. The molecule has 1 fully saturated rings. The zero-order valence-electron chi connectivity index (χ0n) is 15.4. The molecular formula is C17H29ClN2O4S. The van der Waals surface area contributed by atoms with E-state index in [0.29, 0.717) is 41.0 Å². The van der Waals surface area contributed by atoms with Crippen molar-refractivity contribution in [3.05, 3.63) is 17.7 Å². The molecule has 0 aromatic heterocycles. The fourth-order valence-corrected chi connectivity index (χ4v) is 4.77. The topological polar surface area (TPSA) is 67.9 Å². The number of ether oxygens (including phenoxy) is 2. The van der Waals surface area contributed by atoms with E-state index in [1.807, 2.05) is 0 Å². The van der Waals surface area contributed by atoms with Gasteiger partial charge in [0, 0.05) is 19.2 Å². The monoisotopic (exact) mass is 392 g/mol. The average molecular weight is 393 g/mol. The Balaban J connectivity index is 0.00000312. The lowest BCUT2D eigenvalue weighted by Gasteiger charge is -2.31. The van der Waals surface area contributed by atoms with Crippen LogP contribution in [0.2, 0.25) is 0 Å². The van der Waals surface area contributed by atoms with Crippen LogP contribution in [-0.2, 0) is 10.0 Å². The van der Waals surface area contributed by atoms with Gasteiger partial charge in [-0.2, -0.15) is 4.31 Å². The van der Waals surface area contributed by atoms with Crippen molar-refractivity contribution in [2.45, 2.75) is 31.6 Å². The van der Waals surface area contributed by atoms with Crippen LogP contribution in [0.3, 0.4) is 0 Å². The van der Waals surface area contributed by atoms with Crippen LogP contribution < -0.4 is 14.8 Å². The van der Waals surface area contributed by atoms with Crippen LogP contribution in [0, 0.1) is 12.8 Å². The van der Waals surface area contributed by atoms with E-state index in [-0.39, 0.29) is 12.4 Å². The van der Waals surface area contributed by atoms with Gasteiger partial charge in [-0.25, -0.2) is 8.42 Å². The highest BCUT2D eigenvalue weighted by Gasteiger charge is 2.31. The quantitative estimate of drug-likeness (QED) is 0.771. The molecule has 0 aliphatic carbocycles. The minimum atomic E-state index is -3.52. The third kappa shape index (κ3) is 5.00. The molecule has 0 bridgehead atoms. The fourth-order valence-electron chi connectivity index (χ4n) is 3.08. The van der Waals surface area contributed by atoms with Gasteiger partial charge in [0.05, 0.1) is 19.1 Å². The lowest BCUT2D eigenvalue weighted by atomic mass is 9.98. The van der Waals surface area contributed by atoms with E-state index < -0.39 is 10.0 Å². The molecule has 1 saturated heterocycles. The first-order chi connectivity index (χ1) is 11.4. The van der Waals surface area contributed by atoms with E-state index in [2.05, 4.69) is 12.2 Å². The van der Waals surface area contributed by atoms with E-state index in [9.17, 15) is 8.42 Å². The van der Waals surface area contributed by atoms with Crippen molar-refractivity contribution in [2.75, 3.05) is 40.4 Å². The highest BCUT2D eigenvalue weighted by atomic mass is 35.5. The number of hydrogen-bond acceptors (Lipinski definition) is 5. The number of nitrogens with one attached hydrogen (secondary N) is 1. The second-order valence-corrected chi connectivity index (χ2v) is 8.03. The number of nitrogens with zero attached hydrogens (tertiary/aromatic N) is 1. The van der Waals surface area contributed by atoms with Crippen molar-refractivity contribution in [3.8, 4) is 11.5 Å². The predicted octanol–water partition coefficient (Wildman–Crippen LogP) is 2.44. The van der Waals surface area contributed by atoms with Gasteiger partial charge in [0.15, 0.2) is 11.5 Å². The zero-order chi connectivity index (χ0) is 17.7. The second-order valence-electron chi connectivity index (χ2n) is 6.13. The largest absolute Gasteiger partial charge is 0.493 e. The summed E-state index contributed by atoms with van der Waals surface area (Å²) in [7, 11) is -0.465. The molecule has 2 rings (SSSR count). The lowest BCUT2D eigenvalue weighted by Crippen LogP contribution is -2.40. The number of piperidine rings is 1. The Morgan fingerprint density at radius 3 is 2.24 bits per heavy atom. The van der Waals surface area contributed by atoms with Crippen LogP contribution in [-0.4, -0.2) is 53.1 Å². The van der Waals surface area contributed by atoms with Gasteiger partial charge in [-0.05, 0) is 50.4 Å². The Hall–Kier alpha value is -1.02. The Labute approximate surface area is 157 Å². The molecule has 8 heteroatoms. The molecule has 0 radical (unpaired) electrons. The molecular weight excluding hydrogens is 364 g/mol. The van der Waals surface area contributed by atoms with Gasteiger partial charge in [-0.3, -0.25) is 0 Å². The maximum atomic E-state index is 13.0. The van der Waals surface area contributed by atoms with Crippen LogP contribution in [0.4, 0.5) is 0 Å². The number of hydrogen-bond donors (Lipinski definition) is 1. The molecule has 1 N–H and O–H groups in total. The van der Waals surface area contributed by atoms with Crippen LogP contribution in [0.5, 0.6) is 11.5 Å². The van der Waals surface area contributed by atoms with Gasteiger partial charge < -0.3 is 14.8 Å². The van der Waals surface area contributed by atoms with E-state index >= 15 is 0 Å².